The highest BCUT2D eigenvalue weighted by Gasteiger charge is 2.25. The molecule has 0 spiro atoms. The summed E-state index contributed by atoms with van der Waals surface area (Å²) in [6.07, 6.45) is 0. The fourth-order valence-corrected chi connectivity index (χ4v) is 2.95. The normalized spacial score (nSPS) is 12.8. The molecule has 0 aliphatic carbocycles. The van der Waals surface area contributed by atoms with E-state index in [1.807, 2.05) is 0 Å². The van der Waals surface area contributed by atoms with Crippen molar-refractivity contribution in [3.05, 3.63) is 42.0 Å². The average molecular weight is 312 g/mol. The molecule has 3 aromatic rings. The molecule has 7 nitrogen and oxygen atoms in total. The Balaban J connectivity index is 2.31. The molecule has 2 N–H and O–H groups in total. The van der Waals surface area contributed by atoms with Crippen LogP contribution in [-0.2, 0) is 0 Å². The maximum absolute atomic E-state index is 11.5. The monoisotopic (exact) mass is 312 g/mol. The summed E-state index contributed by atoms with van der Waals surface area (Å²) in [5, 5.41) is 32.4. The Kier molecular flexibility index (Phi) is 2.80. The maximum atomic E-state index is 11.5. The quantitative estimate of drug-likeness (QED) is 0.548. The van der Waals surface area contributed by atoms with Gasteiger partial charge in [0.15, 0.2) is 11.5 Å². The molecule has 4 rings (SSSR count). The zero-order chi connectivity index (χ0) is 16.1. The first-order chi connectivity index (χ1) is 11.1. The number of hydrogen-bond donors (Lipinski definition) is 2. The predicted molar refractivity (Wildman–Crippen MR) is 78.0 cm³/mol. The third-order valence-electron chi connectivity index (χ3n) is 3.88. The molecule has 0 amide bonds. The standard InChI is InChI=1S/C16H11NO6/c18-16(19)10-6-12-15(23-7-22-12)14-9-4-2-1-3-8(9)5-11(13(10)14)17(20)21/h1-6,20-21H,7H2,(H,18,19)/p-1. The summed E-state index contributed by atoms with van der Waals surface area (Å²) in [6.45, 7) is -0.0402. The van der Waals surface area contributed by atoms with Crippen LogP contribution in [0.2, 0.25) is 0 Å². The van der Waals surface area contributed by atoms with Gasteiger partial charge in [-0.2, -0.15) is 0 Å². The lowest BCUT2D eigenvalue weighted by molar-refractivity contribution is -0.254. The van der Waals surface area contributed by atoms with Crippen molar-refractivity contribution < 1.29 is 29.8 Å². The van der Waals surface area contributed by atoms with E-state index in [0.717, 1.165) is 0 Å². The van der Waals surface area contributed by atoms with Crippen molar-refractivity contribution in [3.8, 4) is 11.5 Å². The largest absolute Gasteiger partial charge is 0.545 e. The third-order valence-corrected chi connectivity index (χ3v) is 3.88. The van der Waals surface area contributed by atoms with Crippen LogP contribution in [0.1, 0.15) is 10.4 Å². The number of rotatable bonds is 2. The highest BCUT2D eigenvalue weighted by Crippen LogP contribution is 2.47. The zero-order valence-corrected chi connectivity index (χ0v) is 11.6. The fourth-order valence-electron chi connectivity index (χ4n) is 2.95. The summed E-state index contributed by atoms with van der Waals surface area (Å²) in [6, 6.07) is 9.90. The van der Waals surface area contributed by atoms with Crippen molar-refractivity contribution in [2.75, 3.05) is 12.0 Å². The van der Waals surface area contributed by atoms with Crippen LogP contribution in [0.4, 0.5) is 5.69 Å². The molecule has 0 atom stereocenters. The molecular weight excluding hydrogens is 302 g/mol. The van der Waals surface area contributed by atoms with Crippen LogP contribution in [0.25, 0.3) is 21.5 Å². The van der Waals surface area contributed by atoms with Crippen molar-refractivity contribution in [2.45, 2.75) is 0 Å². The number of nitrogens with zero attached hydrogens (tertiary/aromatic N) is 1. The van der Waals surface area contributed by atoms with E-state index in [-0.39, 0.29) is 34.4 Å². The fraction of sp³-hybridized carbons (Fsp3) is 0.0625. The summed E-state index contributed by atoms with van der Waals surface area (Å²) in [7, 11) is 0. The SMILES string of the molecule is O=C([O-])c1cc2c(c3c1c(N(O)O)cc1ccccc13)OCO2. The van der Waals surface area contributed by atoms with E-state index < -0.39 is 5.97 Å². The minimum atomic E-state index is -1.45. The summed E-state index contributed by atoms with van der Waals surface area (Å²) < 4.78 is 10.8. The highest BCUT2D eigenvalue weighted by atomic mass is 16.8. The molecule has 0 saturated heterocycles. The Morgan fingerprint density at radius 2 is 1.91 bits per heavy atom. The Morgan fingerprint density at radius 1 is 1.13 bits per heavy atom. The number of ether oxygens (including phenoxy) is 2. The summed E-state index contributed by atoms with van der Waals surface area (Å²) >= 11 is 0. The highest BCUT2D eigenvalue weighted by molar-refractivity contribution is 6.21. The first-order valence-electron chi connectivity index (χ1n) is 6.75. The number of carboxylic acid groups (broad SMARTS) is 1. The first-order valence-corrected chi connectivity index (χ1v) is 6.75. The van der Waals surface area contributed by atoms with Gasteiger partial charge in [0.1, 0.15) is 5.69 Å². The number of benzene rings is 3. The Hall–Kier alpha value is -3.03. The molecule has 0 radical (unpaired) electrons. The van der Waals surface area contributed by atoms with Gasteiger partial charge < -0.3 is 19.4 Å². The zero-order valence-electron chi connectivity index (χ0n) is 11.6. The van der Waals surface area contributed by atoms with Crippen LogP contribution in [-0.4, -0.2) is 23.2 Å². The number of anilines is 1. The van der Waals surface area contributed by atoms with Gasteiger partial charge >= 0.3 is 0 Å². The molecule has 116 valence electrons. The topological polar surface area (TPSA) is 102 Å². The third kappa shape index (κ3) is 1.88. The maximum Gasteiger partial charge on any atom is 0.231 e. The van der Waals surface area contributed by atoms with E-state index in [1.54, 1.807) is 24.3 Å². The molecule has 7 heteroatoms. The Labute approximate surface area is 129 Å². The molecular formula is C16H10NO6-. The molecule has 3 aromatic carbocycles. The van der Waals surface area contributed by atoms with Gasteiger partial charge in [0.05, 0.1) is 5.97 Å². The van der Waals surface area contributed by atoms with Crippen LogP contribution >= 0.6 is 0 Å². The van der Waals surface area contributed by atoms with Gasteiger partial charge in [-0.25, -0.2) is 0 Å². The molecule has 0 bridgehead atoms. The van der Waals surface area contributed by atoms with Crippen LogP contribution in [0.5, 0.6) is 11.5 Å². The minimum Gasteiger partial charge on any atom is -0.545 e. The van der Waals surface area contributed by atoms with E-state index in [0.29, 0.717) is 21.9 Å². The van der Waals surface area contributed by atoms with Gasteiger partial charge in [-0.15, -0.1) is 5.23 Å². The van der Waals surface area contributed by atoms with Crippen molar-refractivity contribution >= 4 is 33.2 Å². The molecule has 1 aliphatic heterocycles. The van der Waals surface area contributed by atoms with Crippen LogP contribution in [0.15, 0.2) is 36.4 Å². The van der Waals surface area contributed by atoms with E-state index in [2.05, 4.69) is 0 Å². The van der Waals surface area contributed by atoms with Gasteiger partial charge in [-0.05, 0) is 22.9 Å². The first kappa shape index (κ1) is 13.6. The van der Waals surface area contributed by atoms with E-state index in [4.69, 9.17) is 9.47 Å². The molecule has 0 saturated carbocycles. The lowest BCUT2D eigenvalue weighted by Crippen LogP contribution is -2.23. The van der Waals surface area contributed by atoms with Crippen molar-refractivity contribution in [1.29, 1.82) is 0 Å². The molecule has 1 heterocycles. The summed E-state index contributed by atoms with van der Waals surface area (Å²) in [4.78, 5) is 11.5. The van der Waals surface area contributed by atoms with Crippen molar-refractivity contribution in [1.82, 2.24) is 0 Å². The second kappa shape index (κ2) is 4.73. The summed E-state index contributed by atoms with van der Waals surface area (Å²) in [5.41, 5.74) is -0.297. The molecule has 23 heavy (non-hydrogen) atoms. The van der Waals surface area contributed by atoms with Gasteiger partial charge in [0, 0.05) is 16.3 Å². The second-order valence-corrected chi connectivity index (χ2v) is 5.10. The lowest BCUT2D eigenvalue weighted by Gasteiger charge is -2.18. The Bertz CT molecular complexity index is 966. The number of hydrogen-bond acceptors (Lipinski definition) is 7. The number of aromatic carboxylic acids is 1. The van der Waals surface area contributed by atoms with Gasteiger partial charge in [0.25, 0.3) is 0 Å². The average Bonchev–Trinajstić information content (AvgIpc) is 3.00. The minimum absolute atomic E-state index is 0.0402. The van der Waals surface area contributed by atoms with Crippen LogP contribution in [0.3, 0.4) is 0 Å². The van der Waals surface area contributed by atoms with Crippen LogP contribution < -0.4 is 19.8 Å². The van der Waals surface area contributed by atoms with Crippen molar-refractivity contribution in [2.24, 2.45) is 0 Å². The van der Waals surface area contributed by atoms with E-state index >= 15 is 0 Å². The number of carbonyl (C=O) groups excluding carboxylic acids is 1. The van der Waals surface area contributed by atoms with Gasteiger partial charge in [-0.1, -0.05) is 24.3 Å². The number of fused-ring (bicyclic) bond motifs is 5. The molecule has 0 fully saturated rings. The van der Waals surface area contributed by atoms with E-state index in [1.165, 1.54) is 12.1 Å². The Morgan fingerprint density at radius 3 is 2.65 bits per heavy atom. The number of carbonyl (C=O) groups is 1. The number of carboxylic acids is 1. The molecule has 0 unspecified atom stereocenters. The second-order valence-electron chi connectivity index (χ2n) is 5.10. The van der Waals surface area contributed by atoms with Gasteiger partial charge in [-0.3, -0.25) is 10.4 Å². The van der Waals surface area contributed by atoms with Crippen molar-refractivity contribution in [3.63, 3.8) is 0 Å². The molecule has 0 aromatic heterocycles. The van der Waals surface area contributed by atoms with E-state index in [9.17, 15) is 20.3 Å². The predicted octanol–water partition coefficient (Wildman–Crippen LogP) is 1.67. The smallest absolute Gasteiger partial charge is 0.231 e. The van der Waals surface area contributed by atoms with Gasteiger partial charge in [0.2, 0.25) is 6.79 Å². The molecule has 1 aliphatic rings. The van der Waals surface area contributed by atoms with Crippen LogP contribution in [0, 0.1) is 0 Å². The lowest BCUT2D eigenvalue weighted by atomic mass is 9.95. The summed E-state index contributed by atoms with van der Waals surface area (Å²) in [5.74, 6) is -0.807.